The van der Waals surface area contributed by atoms with Crippen molar-refractivity contribution in [3.63, 3.8) is 0 Å². The van der Waals surface area contributed by atoms with Crippen molar-refractivity contribution < 1.29 is 14.9 Å². The first-order chi connectivity index (χ1) is 12.6. The Bertz CT molecular complexity index is 665. The van der Waals surface area contributed by atoms with E-state index in [0.29, 0.717) is 18.3 Å². The van der Waals surface area contributed by atoms with Crippen molar-refractivity contribution in [3.8, 4) is 5.75 Å². The van der Waals surface area contributed by atoms with Gasteiger partial charge >= 0.3 is 0 Å². The van der Waals surface area contributed by atoms with Crippen LogP contribution < -0.4 is 10.1 Å². The van der Waals surface area contributed by atoms with Crippen molar-refractivity contribution in [2.75, 3.05) is 40.5 Å². The molecule has 2 heterocycles. The standard InChI is InChI=1S/C21H32N2O3/c1-23-11-17-18(12-23)21(13-25,7-4-8-24)22-20(17)16-9-14-5-3-6-15(14)10-19(16)26-2/h9-10,17-18,20,22,24-25H,3-8,11-13H2,1-2H3/t17-,18+,20-,21+/m1/s1. The normalized spacial score (nSPS) is 33.5. The van der Waals surface area contributed by atoms with Crippen LogP contribution in [0.2, 0.25) is 0 Å². The van der Waals surface area contributed by atoms with Crippen LogP contribution in [-0.2, 0) is 12.8 Å². The Morgan fingerprint density at radius 1 is 1.23 bits per heavy atom. The van der Waals surface area contributed by atoms with E-state index < -0.39 is 0 Å². The minimum atomic E-state index is -0.313. The first kappa shape index (κ1) is 18.2. The zero-order valence-electron chi connectivity index (χ0n) is 16.0. The molecule has 0 spiro atoms. The van der Waals surface area contributed by atoms with Crippen LogP contribution in [0.15, 0.2) is 12.1 Å². The molecule has 5 nitrogen and oxygen atoms in total. The van der Waals surface area contributed by atoms with Gasteiger partial charge in [-0.15, -0.1) is 0 Å². The van der Waals surface area contributed by atoms with Gasteiger partial charge < -0.3 is 25.2 Å². The van der Waals surface area contributed by atoms with Gasteiger partial charge in [0.15, 0.2) is 0 Å². The van der Waals surface area contributed by atoms with Crippen LogP contribution >= 0.6 is 0 Å². The maximum Gasteiger partial charge on any atom is 0.123 e. The molecule has 5 heteroatoms. The SMILES string of the molecule is COc1cc2c(cc1[C@H]1N[C@](CO)(CCCO)[C@H]3CN(C)C[C@@H]13)CCC2. The first-order valence-electron chi connectivity index (χ1n) is 9.99. The second-order valence-corrected chi connectivity index (χ2v) is 8.47. The summed E-state index contributed by atoms with van der Waals surface area (Å²) in [5.74, 6) is 1.83. The number of hydrogen-bond donors (Lipinski definition) is 3. The fourth-order valence-corrected chi connectivity index (χ4v) is 5.72. The molecular formula is C21H32N2O3. The molecule has 0 unspecified atom stereocenters. The summed E-state index contributed by atoms with van der Waals surface area (Å²) < 4.78 is 5.79. The zero-order chi connectivity index (χ0) is 18.3. The second kappa shape index (κ2) is 7.12. The first-order valence-corrected chi connectivity index (χ1v) is 9.99. The van der Waals surface area contributed by atoms with Gasteiger partial charge in [0.2, 0.25) is 0 Å². The predicted octanol–water partition coefficient (Wildman–Crippen LogP) is 1.51. The van der Waals surface area contributed by atoms with Crippen molar-refractivity contribution >= 4 is 0 Å². The van der Waals surface area contributed by atoms with E-state index in [-0.39, 0.29) is 24.8 Å². The average molecular weight is 360 g/mol. The Morgan fingerprint density at radius 2 is 2.00 bits per heavy atom. The van der Waals surface area contributed by atoms with E-state index >= 15 is 0 Å². The summed E-state index contributed by atoms with van der Waals surface area (Å²) in [5.41, 5.74) is 3.82. The predicted molar refractivity (Wildman–Crippen MR) is 102 cm³/mol. The van der Waals surface area contributed by atoms with Gasteiger partial charge in [-0.3, -0.25) is 0 Å². The van der Waals surface area contributed by atoms with Crippen molar-refractivity contribution in [3.05, 3.63) is 28.8 Å². The highest BCUT2D eigenvalue weighted by Crippen LogP contribution is 2.50. The molecule has 2 fully saturated rings. The number of ether oxygens (including phenoxy) is 1. The van der Waals surface area contributed by atoms with Crippen molar-refractivity contribution in [1.29, 1.82) is 0 Å². The fraction of sp³-hybridized carbons (Fsp3) is 0.714. The number of likely N-dealkylation sites (tertiary alicyclic amines) is 1. The number of rotatable bonds is 6. The second-order valence-electron chi connectivity index (χ2n) is 8.47. The molecule has 0 amide bonds. The summed E-state index contributed by atoms with van der Waals surface area (Å²) in [6, 6.07) is 4.78. The summed E-state index contributed by atoms with van der Waals surface area (Å²) in [6.45, 7) is 2.31. The summed E-state index contributed by atoms with van der Waals surface area (Å²) >= 11 is 0. The Labute approximate surface area is 156 Å². The summed E-state index contributed by atoms with van der Waals surface area (Å²) in [6.07, 6.45) is 5.05. The quantitative estimate of drug-likeness (QED) is 0.718. The van der Waals surface area contributed by atoms with E-state index in [4.69, 9.17) is 4.74 Å². The molecule has 0 saturated carbocycles. The van der Waals surface area contributed by atoms with E-state index in [2.05, 4.69) is 29.4 Å². The van der Waals surface area contributed by atoms with E-state index in [0.717, 1.165) is 38.1 Å². The largest absolute Gasteiger partial charge is 0.496 e. The molecule has 1 aromatic carbocycles. The topological polar surface area (TPSA) is 65.0 Å². The molecule has 2 saturated heterocycles. The van der Waals surface area contributed by atoms with Crippen molar-refractivity contribution in [2.24, 2.45) is 11.8 Å². The molecule has 0 bridgehead atoms. The van der Waals surface area contributed by atoms with Crippen LogP contribution in [0.25, 0.3) is 0 Å². The van der Waals surface area contributed by atoms with Crippen LogP contribution in [0.5, 0.6) is 5.75 Å². The average Bonchev–Trinajstić information content (AvgIpc) is 3.33. The summed E-state index contributed by atoms with van der Waals surface area (Å²) in [4.78, 5) is 2.38. The number of hydrogen-bond acceptors (Lipinski definition) is 5. The van der Waals surface area contributed by atoms with Gasteiger partial charge in [-0.2, -0.15) is 0 Å². The lowest BCUT2D eigenvalue weighted by atomic mass is 9.78. The van der Waals surface area contributed by atoms with Gasteiger partial charge in [-0.05, 0) is 68.2 Å². The summed E-state index contributed by atoms with van der Waals surface area (Å²) in [5, 5.41) is 23.5. The van der Waals surface area contributed by atoms with Gasteiger partial charge in [-0.1, -0.05) is 6.07 Å². The van der Waals surface area contributed by atoms with Crippen LogP contribution in [0.3, 0.4) is 0 Å². The minimum Gasteiger partial charge on any atom is -0.496 e. The van der Waals surface area contributed by atoms with E-state index in [1.54, 1.807) is 7.11 Å². The monoisotopic (exact) mass is 360 g/mol. The van der Waals surface area contributed by atoms with Gasteiger partial charge in [0, 0.05) is 36.8 Å². The molecule has 0 radical (unpaired) electrons. The molecule has 26 heavy (non-hydrogen) atoms. The maximum absolute atomic E-state index is 10.3. The zero-order valence-corrected chi connectivity index (χ0v) is 16.0. The highest BCUT2D eigenvalue weighted by molar-refractivity contribution is 5.47. The smallest absolute Gasteiger partial charge is 0.123 e. The third-order valence-electron chi connectivity index (χ3n) is 6.97. The molecule has 3 N–H and O–H groups in total. The Morgan fingerprint density at radius 3 is 2.69 bits per heavy atom. The molecule has 4 rings (SSSR count). The van der Waals surface area contributed by atoms with E-state index in [9.17, 15) is 10.2 Å². The fourth-order valence-electron chi connectivity index (χ4n) is 5.72. The van der Waals surface area contributed by atoms with Crippen molar-refractivity contribution in [2.45, 2.75) is 43.7 Å². The number of benzene rings is 1. The van der Waals surface area contributed by atoms with Crippen LogP contribution in [-0.4, -0.2) is 61.1 Å². The van der Waals surface area contributed by atoms with E-state index in [1.165, 1.54) is 23.1 Å². The molecule has 1 aromatic rings. The molecule has 4 atom stereocenters. The Balaban J connectivity index is 1.72. The molecule has 1 aliphatic carbocycles. The van der Waals surface area contributed by atoms with Gasteiger partial charge in [0.25, 0.3) is 0 Å². The number of aliphatic hydroxyl groups excluding tert-OH is 2. The highest BCUT2D eigenvalue weighted by Gasteiger charge is 2.56. The Hall–Kier alpha value is -1.14. The van der Waals surface area contributed by atoms with Crippen LogP contribution in [0, 0.1) is 11.8 Å². The van der Waals surface area contributed by atoms with Crippen LogP contribution in [0.1, 0.15) is 42.0 Å². The lowest BCUT2D eigenvalue weighted by Crippen LogP contribution is -2.50. The number of fused-ring (bicyclic) bond motifs is 2. The van der Waals surface area contributed by atoms with Crippen molar-refractivity contribution in [1.82, 2.24) is 10.2 Å². The Kier molecular flexibility index (Phi) is 4.99. The number of aryl methyl sites for hydroxylation is 2. The van der Waals surface area contributed by atoms with E-state index in [1.807, 2.05) is 0 Å². The lowest BCUT2D eigenvalue weighted by molar-refractivity contribution is 0.112. The lowest BCUT2D eigenvalue weighted by Gasteiger charge is -2.34. The molecule has 144 valence electrons. The molecule has 3 aliphatic rings. The third-order valence-corrected chi connectivity index (χ3v) is 6.97. The van der Waals surface area contributed by atoms with Gasteiger partial charge in [0.05, 0.1) is 13.7 Å². The summed E-state index contributed by atoms with van der Waals surface area (Å²) in [7, 11) is 3.93. The number of aliphatic hydroxyl groups is 2. The molecule has 0 aromatic heterocycles. The minimum absolute atomic E-state index is 0.117. The maximum atomic E-state index is 10.3. The van der Waals surface area contributed by atoms with Gasteiger partial charge in [-0.25, -0.2) is 0 Å². The number of nitrogens with zero attached hydrogens (tertiary/aromatic N) is 1. The van der Waals surface area contributed by atoms with Gasteiger partial charge in [0.1, 0.15) is 5.75 Å². The highest BCUT2D eigenvalue weighted by atomic mass is 16.5. The molecule has 2 aliphatic heterocycles. The molecular weight excluding hydrogens is 328 g/mol. The number of methoxy groups -OCH3 is 1. The number of nitrogens with one attached hydrogen (secondary N) is 1. The van der Waals surface area contributed by atoms with Crippen LogP contribution in [0.4, 0.5) is 0 Å². The third kappa shape index (κ3) is 2.85.